The van der Waals surface area contributed by atoms with Crippen molar-refractivity contribution in [2.24, 2.45) is 0 Å². The van der Waals surface area contributed by atoms with Crippen LogP contribution in [0.2, 0.25) is 5.02 Å². The average molecular weight is 426 g/mol. The first-order valence-electron chi connectivity index (χ1n) is 7.84. The van der Waals surface area contributed by atoms with Gasteiger partial charge in [-0.25, -0.2) is 8.42 Å². The number of sulfonamides is 1. The summed E-state index contributed by atoms with van der Waals surface area (Å²) in [5.74, 6) is -0.568. The van der Waals surface area contributed by atoms with Crippen molar-refractivity contribution >= 4 is 62.3 Å². The second kappa shape index (κ2) is 7.79. The number of benzene rings is 2. The molecule has 1 unspecified atom stereocenters. The van der Waals surface area contributed by atoms with E-state index in [1.807, 2.05) is 0 Å². The molecule has 2 aromatic carbocycles. The third-order valence-electron chi connectivity index (χ3n) is 3.60. The topological polar surface area (TPSA) is 104 Å². The van der Waals surface area contributed by atoms with Gasteiger partial charge in [-0.15, -0.1) is 11.8 Å². The number of halogens is 1. The van der Waals surface area contributed by atoms with E-state index in [1.54, 1.807) is 42.5 Å². The normalized spacial score (nSPS) is 16.2. The minimum Gasteiger partial charge on any atom is -0.326 e. The van der Waals surface area contributed by atoms with Crippen molar-refractivity contribution in [2.45, 2.75) is 16.6 Å². The summed E-state index contributed by atoms with van der Waals surface area (Å²) in [6.45, 7) is 0. The molecule has 2 amide bonds. The Morgan fingerprint density at radius 2 is 1.85 bits per heavy atom. The number of fused-ring (bicyclic) bond motifs is 1. The molecule has 0 saturated carbocycles. The molecule has 0 aromatic heterocycles. The molecule has 0 radical (unpaired) electrons. The first-order valence-corrected chi connectivity index (χ1v) is 11.0. The number of thioether (sulfide) groups is 1. The maximum absolute atomic E-state index is 12.3. The molecule has 1 atom stereocenters. The smallest absolute Gasteiger partial charge is 0.238 e. The van der Waals surface area contributed by atoms with E-state index < -0.39 is 15.3 Å². The Bertz CT molecular complexity index is 994. The van der Waals surface area contributed by atoms with Gasteiger partial charge in [-0.1, -0.05) is 11.6 Å². The molecule has 10 heteroatoms. The van der Waals surface area contributed by atoms with Crippen LogP contribution in [0.3, 0.4) is 0 Å². The van der Waals surface area contributed by atoms with Gasteiger partial charge in [-0.05, 0) is 42.5 Å². The van der Waals surface area contributed by atoms with Crippen LogP contribution >= 0.6 is 23.4 Å². The first-order chi connectivity index (χ1) is 12.7. The fourth-order valence-corrected chi connectivity index (χ4v) is 4.30. The largest absolute Gasteiger partial charge is 0.326 e. The van der Waals surface area contributed by atoms with Crippen LogP contribution in [-0.2, 0) is 19.6 Å². The van der Waals surface area contributed by atoms with Crippen molar-refractivity contribution in [1.82, 2.24) is 0 Å². The summed E-state index contributed by atoms with van der Waals surface area (Å²) in [5.41, 5.74) is 1.54. The van der Waals surface area contributed by atoms with Gasteiger partial charge in [0.1, 0.15) is 0 Å². The molecule has 3 rings (SSSR count). The highest BCUT2D eigenvalue weighted by Crippen LogP contribution is 2.38. The Morgan fingerprint density at radius 3 is 2.52 bits per heavy atom. The van der Waals surface area contributed by atoms with Crippen molar-refractivity contribution in [2.75, 3.05) is 21.6 Å². The van der Waals surface area contributed by atoms with Crippen LogP contribution in [0.1, 0.15) is 6.42 Å². The van der Waals surface area contributed by atoms with Gasteiger partial charge in [0.2, 0.25) is 21.8 Å². The molecule has 0 saturated heterocycles. The number of amides is 2. The summed E-state index contributed by atoms with van der Waals surface area (Å²) in [5, 5.41) is 5.44. The lowest BCUT2D eigenvalue weighted by atomic mass is 10.2. The second-order valence-corrected chi connectivity index (χ2v) is 9.37. The summed E-state index contributed by atoms with van der Waals surface area (Å²) in [6.07, 6.45) is 1.06. The van der Waals surface area contributed by atoms with E-state index in [9.17, 15) is 18.0 Å². The van der Waals surface area contributed by atoms with Crippen molar-refractivity contribution in [1.29, 1.82) is 0 Å². The van der Waals surface area contributed by atoms with Crippen LogP contribution in [0.15, 0.2) is 47.4 Å². The fourth-order valence-electron chi connectivity index (χ4n) is 2.47. The van der Waals surface area contributed by atoms with E-state index >= 15 is 0 Å². The number of rotatable bonds is 5. The van der Waals surface area contributed by atoms with Gasteiger partial charge in [0.05, 0.1) is 17.2 Å². The number of anilines is 3. The number of carbonyl (C=O) groups excluding carboxylic acids is 2. The molecule has 0 spiro atoms. The highest BCUT2D eigenvalue weighted by molar-refractivity contribution is 8.01. The Kier molecular flexibility index (Phi) is 5.64. The predicted molar refractivity (Wildman–Crippen MR) is 108 cm³/mol. The third-order valence-corrected chi connectivity index (χ3v) is 5.72. The maximum atomic E-state index is 12.3. The van der Waals surface area contributed by atoms with E-state index in [-0.39, 0.29) is 18.2 Å². The van der Waals surface area contributed by atoms with Crippen molar-refractivity contribution in [3.8, 4) is 0 Å². The summed E-state index contributed by atoms with van der Waals surface area (Å²) >= 11 is 7.23. The van der Waals surface area contributed by atoms with Gasteiger partial charge in [-0.2, -0.15) is 0 Å². The van der Waals surface area contributed by atoms with Gasteiger partial charge in [-0.3, -0.25) is 14.3 Å². The summed E-state index contributed by atoms with van der Waals surface area (Å²) in [4.78, 5) is 25.3. The maximum Gasteiger partial charge on any atom is 0.238 e. The SMILES string of the molecule is CS(=O)(=O)Nc1ccc(NC(=O)CC2Sc3ccc(Cl)cc3NC2=O)cc1. The quantitative estimate of drug-likeness (QED) is 0.682. The Balaban J connectivity index is 1.61. The molecular weight excluding hydrogens is 410 g/mol. The fraction of sp³-hybridized carbons (Fsp3) is 0.176. The van der Waals surface area contributed by atoms with Gasteiger partial charge < -0.3 is 10.6 Å². The molecule has 0 aliphatic carbocycles. The highest BCUT2D eigenvalue weighted by Gasteiger charge is 2.29. The zero-order chi connectivity index (χ0) is 19.6. The lowest BCUT2D eigenvalue weighted by Gasteiger charge is -2.23. The molecule has 7 nitrogen and oxygen atoms in total. The monoisotopic (exact) mass is 425 g/mol. The van der Waals surface area contributed by atoms with Crippen molar-refractivity contribution < 1.29 is 18.0 Å². The van der Waals surface area contributed by atoms with Gasteiger partial charge in [0.15, 0.2) is 0 Å². The van der Waals surface area contributed by atoms with E-state index in [1.165, 1.54) is 11.8 Å². The van der Waals surface area contributed by atoms with Crippen LogP contribution in [0.4, 0.5) is 17.1 Å². The van der Waals surface area contributed by atoms with Crippen LogP contribution in [0, 0.1) is 0 Å². The molecule has 0 fully saturated rings. The average Bonchev–Trinajstić information content (AvgIpc) is 2.56. The number of hydrogen-bond acceptors (Lipinski definition) is 5. The molecule has 3 N–H and O–H groups in total. The molecule has 27 heavy (non-hydrogen) atoms. The number of nitrogens with one attached hydrogen (secondary N) is 3. The van der Waals surface area contributed by atoms with E-state index in [4.69, 9.17) is 11.6 Å². The lowest BCUT2D eigenvalue weighted by Crippen LogP contribution is -2.32. The zero-order valence-corrected chi connectivity index (χ0v) is 16.5. The second-order valence-electron chi connectivity index (χ2n) is 5.94. The van der Waals surface area contributed by atoms with E-state index in [0.29, 0.717) is 22.1 Å². The van der Waals surface area contributed by atoms with Crippen LogP contribution in [0.25, 0.3) is 0 Å². The molecule has 0 bridgehead atoms. The molecule has 1 aliphatic heterocycles. The first kappa shape index (κ1) is 19.5. The molecule has 142 valence electrons. The molecular formula is C17H16ClN3O4S2. The number of hydrogen-bond donors (Lipinski definition) is 3. The summed E-state index contributed by atoms with van der Waals surface area (Å²) in [7, 11) is -3.36. The summed E-state index contributed by atoms with van der Waals surface area (Å²) in [6, 6.07) is 11.4. The standard InChI is InChI=1S/C17H16ClN3O4S2/c1-27(24,25)21-12-5-3-11(4-6-12)19-16(22)9-15-17(23)20-13-8-10(18)2-7-14(13)26-15/h2-8,15,21H,9H2,1H3,(H,19,22)(H,20,23). The van der Waals surface area contributed by atoms with Crippen molar-refractivity contribution in [3.05, 3.63) is 47.5 Å². The van der Waals surface area contributed by atoms with Gasteiger partial charge in [0, 0.05) is 27.7 Å². The minimum absolute atomic E-state index is 0.00189. The molecule has 2 aromatic rings. The van der Waals surface area contributed by atoms with Gasteiger partial charge in [0.25, 0.3) is 0 Å². The zero-order valence-electron chi connectivity index (χ0n) is 14.2. The van der Waals surface area contributed by atoms with Crippen LogP contribution in [-0.4, -0.2) is 31.7 Å². The van der Waals surface area contributed by atoms with E-state index in [0.717, 1.165) is 11.2 Å². The van der Waals surface area contributed by atoms with Crippen LogP contribution in [0.5, 0.6) is 0 Å². The van der Waals surface area contributed by atoms with Crippen molar-refractivity contribution in [3.63, 3.8) is 0 Å². The lowest BCUT2D eigenvalue weighted by molar-refractivity contribution is -0.120. The predicted octanol–water partition coefficient (Wildman–Crippen LogP) is 3.15. The Hall–Kier alpha value is -2.23. The van der Waals surface area contributed by atoms with Gasteiger partial charge >= 0.3 is 0 Å². The highest BCUT2D eigenvalue weighted by atomic mass is 35.5. The third kappa shape index (κ3) is 5.38. The minimum atomic E-state index is -3.36. The Morgan fingerprint density at radius 1 is 1.19 bits per heavy atom. The molecule has 1 aliphatic rings. The number of carbonyl (C=O) groups is 2. The summed E-state index contributed by atoms with van der Waals surface area (Å²) < 4.78 is 24.7. The van der Waals surface area contributed by atoms with Crippen LogP contribution < -0.4 is 15.4 Å². The molecule has 1 heterocycles. The Labute approximate surface area is 165 Å². The van der Waals surface area contributed by atoms with E-state index in [2.05, 4.69) is 15.4 Å².